The third-order valence-electron chi connectivity index (χ3n) is 4.83. The van der Waals surface area contributed by atoms with Gasteiger partial charge in [-0.15, -0.1) is 0 Å². The van der Waals surface area contributed by atoms with Gasteiger partial charge in [-0.1, -0.05) is 18.2 Å². The van der Waals surface area contributed by atoms with E-state index in [1.165, 1.54) is 10.9 Å². The van der Waals surface area contributed by atoms with Crippen molar-refractivity contribution in [2.75, 3.05) is 0 Å². The van der Waals surface area contributed by atoms with Crippen LogP contribution in [0, 0.1) is 0 Å². The number of hydrogen-bond donors (Lipinski definition) is 0. The van der Waals surface area contributed by atoms with E-state index in [-0.39, 0.29) is 18.3 Å². The number of hydrogen-bond acceptors (Lipinski definition) is 2. The number of aromatic nitrogens is 1. The molecule has 0 spiro atoms. The molecule has 0 N–H and O–H groups in total. The molecule has 0 amide bonds. The predicted molar refractivity (Wildman–Crippen MR) is 88.0 cm³/mol. The van der Waals surface area contributed by atoms with E-state index >= 15 is 0 Å². The molecule has 1 saturated heterocycles. The highest BCUT2D eigenvalue weighted by Gasteiger charge is 2.52. The van der Waals surface area contributed by atoms with Gasteiger partial charge in [0.25, 0.3) is 0 Å². The summed E-state index contributed by atoms with van der Waals surface area (Å²) in [6, 6.07) is 8.90. The van der Waals surface area contributed by atoms with E-state index < -0.39 is 0 Å². The number of rotatable bonds is 2. The van der Waals surface area contributed by atoms with Gasteiger partial charge in [0.05, 0.1) is 11.2 Å². The topological polar surface area (TPSA) is 23.4 Å². The van der Waals surface area contributed by atoms with Gasteiger partial charge in [0, 0.05) is 23.2 Å². The van der Waals surface area contributed by atoms with Crippen molar-refractivity contribution in [3.05, 3.63) is 30.5 Å². The van der Waals surface area contributed by atoms with Crippen LogP contribution in [0.1, 0.15) is 47.6 Å². The van der Waals surface area contributed by atoms with Gasteiger partial charge in [0.15, 0.2) is 0 Å². The molecule has 21 heavy (non-hydrogen) atoms. The Labute approximate surface area is 127 Å². The molecule has 0 radical (unpaired) electrons. The van der Waals surface area contributed by atoms with E-state index in [0.717, 1.165) is 5.46 Å². The van der Waals surface area contributed by atoms with Gasteiger partial charge in [-0.3, -0.25) is 0 Å². The summed E-state index contributed by atoms with van der Waals surface area (Å²) in [5.74, 6) is 0. The van der Waals surface area contributed by atoms with E-state index in [2.05, 4.69) is 76.6 Å². The minimum atomic E-state index is -0.314. The van der Waals surface area contributed by atoms with Crippen LogP contribution >= 0.6 is 0 Å². The van der Waals surface area contributed by atoms with Crippen molar-refractivity contribution in [2.24, 2.45) is 0 Å². The lowest BCUT2D eigenvalue weighted by Crippen LogP contribution is -2.41. The second kappa shape index (κ2) is 4.62. The van der Waals surface area contributed by atoms with Crippen molar-refractivity contribution in [3.63, 3.8) is 0 Å². The van der Waals surface area contributed by atoms with Crippen molar-refractivity contribution in [1.82, 2.24) is 4.57 Å². The molecule has 3 nitrogen and oxygen atoms in total. The summed E-state index contributed by atoms with van der Waals surface area (Å²) in [6.45, 7) is 12.8. The fraction of sp³-hybridized carbons (Fsp3) is 0.529. The lowest BCUT2D eigenvalue weighted by Gasteiger charge is -2.32. The smallest absolute Gasteiger partial charge is 0.399 e. The molecule has 0 atom stereocenters. The molecular formula is C17H24BNO2. The summed E-state index contributed by atoms with van der Waals surface area (Å²) < 4.78 is 14.7. The molecule has 2 heterocycles. The van der Waals surface area contributed by atoms with Crippen molar-refractivity contribution in [2.45, 2.75) is 58.8 Å². The van der Waals surface area contributed by atoms with Gasteiger partial charge >= 0.3 is 7.12 Å². The predicted octanol–water partition coefficient (Wildman–Crippen LogP) is 3.52. The molecule has 3 rings (SSSR count). The molecule has 2 aromatic rings. The second-order valence-electron chi connectivity index (χ2n) is 7.19. The van der Waals surface area contributed by atoms with Crippen LogP contribution in [-0.4, -0.2) is 22.9 Å². The van der Waals surface area contributed by atoms with Crippen molar-refractivity contribution in [3.8, 4) is 0 Å². The Balaban J connectivity index is 2.12. The number of para-hydroxylation sites is 1. The molecule has 1 aliphatic heterocycles. The van der Waals surface area contributed by atoms with Crippen molar-refractivity contribution >= 4 is 23.5 Å². The summed E-state index contributed by atoms with van der Waals surface area (Å²) in [4.78, 5) is 0. The van der Waals surface area contributed by atoms with Gasteiger partial charge in [-0.05, 0) is 53.0 Å². The monoisotopic (exact) mass is 285 g/mol. The highest BCUT2D eigenvalue weighted by molar-refractivity contribution is 6.65. The van der Waals surface area contributed by atoms with E-state index in [1.54, 1.807) is 0 Å². The van der Waals surface area contributed by atoms with Gasteiger partial charge in [-0.2, -0.15) is 0 Å². The summed E-state index contributed by atoms with van der Waals surface area (Å²) in [6.07, 6.45) is 2.14. The number of benzene rings is 1. The maximum atomic E-state index is 6.23. The fourth-order valence-corrected chi connectivity index (χ4v) is 2.84. The second-order valence-corrected chi connectivity index (χ2v) is 7.19. The number of fused-ring (bicyclic) bond motifs is 1. The van der Waals surface area contributed by atoms with Crippen molar-refractivity contribution in [1.29, 1.82) is 0 Å². The van der Waals surface area contributed by atoms with Crippen LogP contribution in [0.15, 0.2) is 30.5 Å². The Morgan fingerprint density at radius 2 is 1.62 bits per heavy atom. The number of nitrogens with zero attached hydrogens (tertiary/aromatic N) is 1. The Morgan fingerprint density at radius 3 is 2.19 bits per heavy atom. The van der Waals surface area contributed by atoms with Gasteiger partial charge in [0.2, 0.25) is 0 Å². The summed E-state index contributed by atoms with van der Waals surface area (Å²) >= 11 is 0. The third-order valence-corrected chi connectivity index (χ3v) is 4.83. The molecule has 1 aliphatic rings. The normalized spacial score (nSPS) is 20.6. The van der Waals surface area contributed by atoms with E-state index in [1.807, 2.05) is 0 Å². The van der Waals surface area contributed by atoms with Crippen LogP contribution < -0.4 is 5.46 Å². The molecule has 1 fully saturated rings. The zero-order chi connectivity index (χ0) is 15.4. The molecular weight excluding hydrogens is 261 g/mol. The summed E-state index contributed by atoms with van der Waals surface area (Å²) in [5.41, 5.74) is 1.71. The standard InChI is InChI=1S/C17H24BNO2/c1-12(2)19-11-10-13-8-7-9-14(15(13)19)18-20-16(3,4)17(5,6)21-18/h7-12H,1-6H3. The molecule has 4 heteroatoms. The lowest BCUT2D eigenvalue weighted by molar-refractivity contribution is 0.00578. The van der Waals surface area contributed by atoms with E-state index in [9.17, 15) is 0 Å². The molecule has 1 aromatic heterocycles. The Kier molecular flexibility index (Phi) is 3.23. The largest absolute Gasteiger partial charge is 0.497 e. The fourth-order valence-electron chi connectivity index (χ4n) is 2.84. The zero-order valence-electron chi connectivity index (χ0n) is 13.8. The Morgan fingerprint density at radius 1 is 1.00 bits per heavy atom. The van der Waals surface area contributed by atoms with Gasteiger partial charge < -0.3 is 13.9 Å². The van der Waals surface area contributed by atoms with Crippen LogP contribution in [0.2, 0.25) is 0 Å². The summed E-state index contributed by atoms with van der Waals surface area (Å²) in [7, 11) is -0.314. The maximum absolute atomic E-state index is 6.23. The molecule has 0 aliphatic carbocycles. The molecule has 0 bridgehead atoms. The van der Waals surface area contributed by atoms with E-state index in [0.29, 0.717) is 6.04 Å². The van der Waals surface area contributed by atoms with Crippen LogP contribution in [0.5, 0.6) is 0 Å². The molecule has 0 unspecified atom stereocenters. The Bertz CT molecular complexity index is 656. The highest BCUT2D eigenvalue weighted by atomic mass is 16.7. The quantitative estimate of drug-likeness (QED) is 0.788. The first-order valence-electron chi connectivity index (χ1n) is 7.68. The average molecular weight is 285 g/mol. The SMILES string of the molecule is CC(C)n1ccc2cccc(B3OC(C)(C)C(C)(C)O3)c21. The maximum Gasteiger partial charge on any atom is 0.497 e. The molecule has 0 saturated carbocycles. The summed E-state index contributed by atoms with van der Waals surface area (Å²) in [5, 5.41) is 1.23. The van der Waals surface area contributed by atoms with E-state index in [4.69, 9.17) is 9.31 Å². The van der Waals surface area contributed by atoms with Crippen molar-refractivity contribution < 1.29 is 9.31 Å². The first-order valence-corrected chi connectivity index (χ1v) is 7.68. The highest BCUT2D eigenvalue weighted by Crippen LogP contribution is 2.37. The first kappa shape index (κ1) is 14.7. The van der Waals surface area contributed by atoms with Crippen LogP contribution in [-0.2, 0) is 9.31 Å². The van der Waals surface area contributed by atoms with Gasteiger partial charge in [0.1, 0.15) is 0 Å². The van der Waals surface area contributed by atoms with Crippen LogP contribution in [0.3, 0.4) is 0 Å². The third kappa shape index (κ3) is 2.21. The minimum absolute atomic E-state index is 0.310. The first-order chi connectivity index (χ1) is 9.73. The lowest BCUT2D eigenvalue weighted by atomic mass is 9.78. The van der Waals surface area contributed by atoms with Gasteiger partial charge in [-0.25, -0.2) is 0 Å². The van der Waals surface area contributed by atoms with Crippen LogP contribution in [0.25, 0.3) is 10.9 Å². The molecule has 1 aromatic carbocycles. The minimum Gasteiger partial charge on any atom is -0.399 e. The molecule has 112 valence electrons. The zero-order valence-corrected chi connectivity index (χ0v) is 13.8. The van der Waals surface area contributed by atoms with Crippen LogP contribution in [0.4, 0.5) is 0 Å². The average Bonchev–Trinajstić information content (AvgIpc) is 2.88. The Hall–Kier alpha value is -1.26.